The van der Waals surface area contributed by atoms with Gasteiger partial charge < -0.3 is 19.1 Å². The molecule has 1 atom stereocenters. The maximum absolute atomic E-state index is 14.4. The summed E-state index contributed by atoms with van der Waals surface area (Å²) in [5.41, 5.74) is 2.90. The molecule has 1 unspecified atom stereocenters. The van der Waals surface area contributed by atoms with Crippen LogP contribution in [-0.2, 0) is 24.4 Å². The van der Waals surface area contributed by atoms with Crippen molar-refractivity contribution in [3.8, 4) is 11.9 Å². The zero-order valence-corrected chi connectivity index (χ0v) is 22.5. The van der Waals surface area contributed by atoms with Crippen molar-refractivity contribution in [3.05, 3.63) is 88.6 Å². The number of benzene rings is 2. The predicted octanol–water partition coefficient (Wildman–Crippen LogP) is 4.33. The minimum absolute atomic E-state index is 0.0722. The monoisotopic (exact) mass is 572 g/mol. The van der Waals surface area contributed by atoms with Gasteiger partial charge in [0.05, 0.1) is 53.6 Å². The molecular formula is C30H26F2N6O4. The maximum atomic E-state index is 14.4. The van der Waals surface area contributed by atoms with Gasteiger partial charge in [0.25, 0.3) is 5.88 Å². The Kier molecular flexibility index (Phi) is 7.60. The molecule has 2 aromatic carbocycles. The van der Waals surface area contributed by atoms with Crippen LogP contribution in [0.3, 0.4) is 0 Å². The van der Waals surface area contributed by atoms with E-state index in [-0.39, 0.29) is 35.3 Å². The zero-order chi connectivity index (χ0) is 29.2. The summed E-state index contributed by atoms with van der Waals surface area (Å²) in [5, 5.41) is 18.4. The van der Waals surface area contributed by atoms with E-state index in [2.05, 4.69) is 14.9 Å². The second-order valence-electron chi connectivity index (χ2n) is 10.2. The van der Waals surface area contributed by atoms with Crippen LogP contribution >= 0.6 is 0 Å². The lowest BCUT2D eigenvalue weighted by atomic mass is 10.1. The highest BCUT2D eigenvalue weighted by molar-refractivity contribution is 5.92. The highest BCUT2D eigenvalue weighted by Gasteiger charge is 2.24. The molecule has 4 aromatic rings. The minimum Gasteiger partial charge on any atom is -0.478 e. The Labute approximate surface area is 239 Å². The molecule has 0 spiro atoms. The van der Waals surface area contributed by atoms with Gasteiger partial charge in [-0.25, -0.2) is 19.2 Å². The lowest BCUT2D eigenvalue weighted by Gasteiger charge is -2.29. The summed E-state index contributed by atoms with van der Waals surface area (Å²) in [6.07, 6.45) is 4.63. The van der Waals surface area contributed by atoms with E-state index < -0.39 is 17.6 Å². The summed E-state index contributed by atoms with van der Waals surface area (Å²) in [6.45, 7) is 2.86. The van der Waals surface area contributed by atoms with Gasteiger partial charge in [-0.2, -0.15) is 14.6 Å². The Morgan fingerprint density at radius 3 is 2.74 bits per heavy atom. The van der Waals surface area contributed by atoms with E-state index in [9.17, 15) is 18.7 Å². The molecule has 42 heavy (non-hydrogen) atoms. The van der Waals surface area contributed by atoms with Gasteiger partial charge in [-0.1, -0.05) is 12.1 Å². The highest BCUT2D eigenvalue weighted by Crippen LogP contribution is 2.26. The molecule has 10 nitrogen and oxygen atoms in total. The number of carbonyl (C=O) groups is 1. The van der Waals surface area contributed by atoms with E-state index in [1.165, 1.54) is 12.1 Å². The van der Waals surface area contributed by atoms with E-state index in [1.807, 2.05) is 16.7 Å². The number of aromatic carboxylic acids is 1. The molecule has 0 amide bonds. The van der Waals surface area contributed by atoms with Crippen LogP contribution in [0, 0.1) is 23.0 Å². The summed E-state index contributed by atoms with van der Waals surface area (Å²) in [5.74, 6) is -1.48. The molecular weight excluding hydrogens is 546 g/mol. The van der Waals surface area contributed by atoms with Gasteiger partial charge in [0.2, 0.25) is 5.82 Å². The van der Waals surface area contributed by atoms with Crippen molar-refractivity contribution < 1.29 is 28.2 Å². The Balaban J connectivity index is 1.16. The van der Waals surface area contributed by atoms with Gasteiger partial charge in [0.15, 0.2) is 5.82 Å². The first-order valence-corrected chi connectivity index (χ1v) is 13.5. The first kappa shape index (κ1) is 27.4. The zero-order valence-electron chi connectivity index (χ0n) is 22.5. The van der Waals surface area contributed by atoms with Gasteiger partial charge in [-0.05, 0) is 48.7 Å². The van der Waals surface area contributed by atoms with Crippen LogP contribution < -0.4 is 4.74 Å². The van der Waals surface area contributed by atoms with E-state index in [4.69, 9.17) is 19.7 Å². The third-order valence-electron chi connectivity index (χ3n) is 7.46. The molecule has 0 radical (unpaired) electrons. The first-order valence-electron chi connectivity index (χ1n) is 13.5. The van der Waals surface area contributed by atoms with Crippen molar-refractivity contribution in [1.29, 1.82) is 5.26 Å². The fourth-order valence-electron chi connectivity index (χ4n) is 5.01. The number of carboxylic acids is 1. The van der Waals surface area contributed by atoms with Crippen molar-refractivity contribution in [2.45, 2.75) is 38.6 Å². The molecule has 2 aliphatic rings. The van der Waals surface area contributed by atoms with Crippen LogP contribution in [0.15, 0.2) is 48.7 Å². The molecule has 1 N–H and O–H groups in total. The SMILES string of the molecule is N#Cc1ccc(COc2nc(C3=CCN(Cc4nc5ccc(C(=O)O)cc5n4CC4CCO4)CC3)ncc2F)c(F)c1. The summed E-state index contributed by atoms with van der Waals surface area (Å²) in [6, 6.07) is 10.8. The summed E-state index contributed by atoms with van der Waals surface area (Å²) >= 11 is 0. The topological polar surface area (TPSA) is 126 Å². The number of imidazole rings is 1. The first-order chi connectivity index (χ1) is 20.4. The number of nitriles is 1. The van der Waals surface area contributed by atoms with Crippen LogP contribution in [0.1, 0.15) is 46.0 Å². The second kappa shape index (κ2) is 11.6. The maximum Gasteiger partial charge on any atom is 0.335 e. The van der Waals surface area contributed by atoms with Gasteiger partial charge in [-0.15, -0.1) is 0 Å². The van der Waals surface area contributed by atoms with Gasteiger partial charge in [-0.3, -0.25) is 4.90 Å². The van der Waals surface area contributed by atoms with Crippen molar-refractivity contribution >= 4 is 22.6 Å². The predicted molar refractivity (Wildman–Crippen MR) is 146 cm³/mol. The smallest absolute Gasteiger partial charge is 0.335 e. The highest BCUT2D eigenvalue weighted by atomic mass is 19.1. The molecule has 1 saturated heterocycles. The third-order valence-corrected chi connectivity index (χ3v) is 7.46. The summed E-state index contributed by atoms with van der Waals surface area (Å²) in [7, 11) is 0. The largest absolute Gasteiger partial charge is 0.478 e. The number of hydrogen-bond donors (Lipinski definition) is 1. The van der Waals surface area contributed by atoms with E-state index in [0.29, 0.717) is 38.4 Å². The lowest BCUT2D eigenvalue weighted by Crippen LogP contribution is -2.33. The van der Waals surface area contributed by atoms with Crippen LogP contribution in [0.2, 0.25) is 0 Å². The number of halogens is 2. The number of nitrogens with zero attached hydrogens (tertiary/aromatic N) is 6. The molecule has 2 aromatic heterocycles. The van der Waals surface area contributed by atoms with Crippen molar-refractivity contribution in [2.75, 3.05) is 19.7 Å². The molecule has 6 rings (SSSR count). The number of carboxylic acid groups (broad SMARTS) is 1. The minimum atomic E-state index is -0.988. The van der Waals surface area contributed by atoms with E-state index >= 15 is 0 Å². The molecule has 2 aliphatic heterocycles. The Morgan fingerprint density at radius 1 is 1.19 bits per heavy atom. The van der Waals surface area contributed by atoms with Gasteiger partial charge in [0, 0.05) is 25.3 Å². The third kappa shape index (κ3) is 5.70. The van der Waals surface area contributed by atoms with E-state index in [0.717, 1.165) is 47.7 Å². The number of aromatic nitrogens is 4. The molecule has 214 valence electrons. The normalized spacial score (nSPS) is 17.0. The molecule has 0 saturated carbocycles. The van der Waals surface area contributed by atoms with Crippen molar-refractivity contribution in [1.82, 2.24) is 24.4 Å². The fourth-order valence-corrected chi connectivity index (χ4v) is 5.01. The molecule has 1 fully saturated rings. The molecule has 0 bridgehead atoms. The fraction of sp³-hybridized carbons (Fsp3) is 0.300. The molecule has 0 aliphatic carbocycles. The number of hydrogen-bond acceptors (Lipinski definition) is 8. The van der Waals surface area contributed by atoms with Crippen LogP contribution in [-0.4, -0.2) is 61.3 Å². The Morgan fingerprint density at radius 2 is 2.05 bits per heavy atom. The van der Waals surface area contributed by atoms with Crippen LogP contribution in [0.4, 0.5) is 8.78 Å². The van der Waals surface area contributed by atoms with Gasteiger partial charge >= 0.3 is 5.97 Å². The number of fused-ring (bicyclic) bond motifs is 1. The average molecular weight is 573 g/mol. The molecule has 4 heterocycles. The Hall–Kier alpha value is -4.73. The second-order valence-corrected chi connectivity index (χ2v) is 10.2. The van der Waals surface area contributed by atoms with Crippen LogP contribution in [0.5, 0.6) is 5.88 Å². The van der Waals surface area contributed by atoms with E-state index in [1.54, 1.807) is 18.2 Å². The summed E-state index contributed by atoms with van der Waals surface area (Å²) < 4.78 is 41.8. The Bertz CT molecular complexity index is 1740. The summed E-state index contributed by atoms with van der Waals surface area (Å²) in [4.78, 5) is 27.0. The molecule has 12 heteroatoms. The van der Waals surface area contributed by atoms with Crippen molar-refractivity contribution in [2.24, 2.45) is 0 Å². The lowest BCUT2D eigenvalue weighted by molar-refractivity contribution is -0.0591. The van der Waals surface area contributed by atoms with Crippen molar-refractivity contribution in [3.63, 3.8) is 0 Å². The number of ether oxygens (including phenoxy) is 2. The quantitative estimate of drug-likeness (QED) is 0.312. The van der Waals surface area contributed by atoms with Gasteiger partial charge in [0.1, 0.15) is 18.2 Å². The average Bonchev–Trinajstić information content (AvgIpc) is 3.31. The number of rotatable bonds is 9. The standard InChI is InChI=1S/C30H26F2N6O4/c31-23-11-18(13-33)1-2-21(23)17-42-29-24(32)14-34-28(36-29)19-5-8-37(9-6-19)16-27-35-25-4-3-20(30(39)40)12-26(25)38(27)15-22-7-10-41-22/h1-5,11-12,14,22H,6-10,15-17H2,(H,39,40). The van der Waals surface area contributed by atoms with Crippen LogP contribution in [0.25, 0.3) is 16.6 Å².